The van der Waals surface area contributed by atoms with Crippen LogP contribution in [-0.2, 0) is 13.1 Å². The van der Waals surface area contributed by atoms with Crippen LogP contribution in [0, 0.1) is 0 Å². The maximum Gasteiger partial charge on any atom is 0.257 e. The number of likely N-dealkylation sites (tertiary alicyclic amines) is 1. The van der Waals surface area contributed by atoms with E-state index in [9.17, 15) is 4.79 Å². The molecule has 1 atom stereocenters. The molecule has 6 heteroatoms. The summed E-state index contributed by atoms with van der Waals surface area (Å²) in [5.74, 6) is 0.276. The highest BCUT2D eigenvalue weighted by Gasteiger charge is 2.28. The van der Waals surface area contributed by atoms with Crippen molar-refractivity contribution >= 4 is 16.8 Å². The minimum atomic E-state index is 0.0138. The van der Waals surface area contributed by atoms with Crippen molar-refractivity contribution in [3.63, 3.8) is 0 Å². The molecule has 1 amide bonds. The smallest absolute Gasteiger partial charge is 0.257 e. The molecular weight excluding hydrogens is 410 g/mol. The lowest BCUT2D eigenvalue weighted by molar-refractivity contribution is 0.0782. The fourth-order valence-electron chi connectivity index (χ4n) is 4.89. The second-order valence-electron chi connectivity index (χ2n) is 8.91. The summed E-state index contributed by atoms with van der Waals surface area (Å²) in [6, 6.07) is 20.6. The molecule has 1 aliphatic rings. The van der Waals surface area contributed by atoms with Crippen LogP contribution in [0.15, 0.2) is 73.1 Å². The van der Waals surface area contributed by atoms with Crippen LogP contribution in [0.1, 0.15) is 45.9 Å². The number of amides is 1. The van der Waals surface area contributed by atoms with E-state index in [-0.39, 0.29) is 11.8 Å². The van der Waals surface area contributed by atoms with Crippen molar-refractivity contribution in [2.45, 2.75) is 31.8 Å². The van der Waals surface area contributed by atoms with E-state index >= 15 is 0 Å². The molecule has 1 saturated heterocycles. The van der Waals surface area contributed by atoms with Gasteiger partial charge in [0.15, 0.2) is 0 Å². The average molecular weight is 440 g/mol. The Morgan fingerprint density at radius 2 is 2.00 bits per heavy atom. The van der Waals surface area contributed by atoms with E-state index in [1.165, 1.54) is 10.9 Å². The number of nitrogens with zero attached hydrogens (tertiary/aromatic N) is 4. The lowest BCUT2D eigenvalue weighted by atomic mass is 9.91. The van der Waals surface area contributed by atoms with Crippen molar-refractivity contribution in [3.05, 3.63) is 95.4 Å². The SMILES string of the molecule is CN(Cc1ccccc1)C(=O)c1cn[nH]c1C1CCCN(Cc2cccc3ncccc23)C1. The number of piperidine rings is 1. The van der Waals surface area contributed by atoms with E-state index in [1.54, 1.807) is 11.1 Å². The van der Waals surface area contributed by atoms with Crippen LogP contribution >= 0.6 is 0 Å². The lowest BCUT2D eigenvalue weighted by Crippen LogP contribution is -2.35. The molecule has 1 aliphatic heterocycles. The number of nitrogens with one attached hydrogen (secondary N) is 1. The number of aromatic amines is 1. The van der Waals surface area contributed by atoms with Gasteiger partial charge in [-0.15, -0.1) is 0 Å². The van der Waals surface area contributed by atoms with Crippen molar-refractivity contribution in [1.82, 2.24) is 25.0 Å². The number of pyridine rings is 1. The summed E-state index contributed by atoms with van der Waals surface area (Å²) < 4.78 is 0. The molecule has 1 fully saturated rings. The first kappa shape index (κ1) is 21.3. The maximum atomic E-state index is 13.2. The summed E-state index contributed by atoms with van der Waals surface area (Å²) in [6.45, 7) is 3.42. The van der Waals surface area contributed by atoms with Gasteiger partial charge in [-0.05, 0) is 42.6 Å². The van der Waals surface area contributed by atoms with Crippen molar-refractivity contribution in [2.24, 2.45) is 0 Å². The Bertz CT molecular complexity index is 1230. The summed E-state index contributed by atoms with van der Waals surface area (Å²) in [5, 5.41) is 8.62. The molecule has 33 heavy (non-hydrogen) atoms. The highest BCUT2D eigenvalue weighted by Crippen LogP contribution is 2.30. The predicted molar refractivity (Wildman–Crippen MR) is 130 cm³/mol. The van der Waals surface area contributed by atoms with Crippen LogP contribution in [-0.4, -0.2) is 51.0 Å². The molecule has 6 nitrogen and oxygen atoms in total. The Kier molecular flexibility index (Phi) is 6.17. The molecule has 0 radical (unpaired) electrons. The van der Waals surface area contributed by atoms with E-state index in [1.807, 2.05) is 49.6 Å². The quantitative estimate of drug-likeness (QED) is 0.477. The summed E-state index contributed by atoms with van der Waals surface area (Å²) in [6.07, 6.45) is 5.68. The van der Waals surface area contributed by atoms with Gasteiger partial charge in [0.1, 0.15) is 0 Å². The predicted octanol–water partition coefficient (Wildman–Crippen LogP) is 4.61. The Labute approximate surface area is 194 Å². The van der Waals surface area contributed by atoms with Gasteiger partial charge < -0.3 is 4.90 Å². The van der Waals surface area contributed by atoms with E-state index < -0.39 is 0 Å². The van der Waals surface area contributed by atoms with Gasteiger partial charge in [0, 0.05) is 44.2 Å². The molecule has 168 valence electrons. The lowest BCUT2D eigenvalue weighted by Gasteiger charge is -2.33. The number of benzene rings is 2. The molecule has 0 saturated carbocycles. The Morgan fingerprint density at radius 1 is 1.12 bits per heavy atom. The van der Waals surface area contributed by atoms with E-state index in [2.05, 4.69) is 44.3 Å². The van der Waals surface area contributed by atoms with E-state index in [4.69, 9.17) is 0 Å². The zero-order valence-corrected chi connectivity index (χ0v) is 18.9. The van der Waals surface area contributed by atoms with Gasteiger partial charge in [-0.25, -0.2) is 0 Å². The van der Waals surface area contributed by atoms with E-state index in [0.717, 1.165) is 49.2 Å². The number of aromatic nitrogens is 3. The van der Waals surface area contributed by atoms with Gasteiger partial charge in [-0.3, -0.25) is 19.8 Å². The van der Waals surface area contributed by atoms with Crippen molar-refractivity contribution < 1.29 is 4.79 Å². The summed E-state index contributed by atoms with van der Waals surface area (Å²) in [4.78, 5) is 22.0. The number of carbonyl (C=O) groups is 1. The second-order valence-corrected chi connectivity index (χ2v) is 8.91. The maximum absolute atomic E-state index is 13.2. The van der Waals surface area contributed by atoms with Crippen LogP contribution < -0.4 is 0 Å². The van der Waals surface area contributed by atoms with Crippen LogP contribution in [0.25, 0.3) is 10.9 Å². The number of hydrogen-bond acceptors (Lipinski definition) is 4. The number of rotatable bonds is 6. The number of hydrogen-bond donors (Lipinski definition) is 1. The summed E-state index contributed by atoms with van der Waals surface area (Å²) >= 11 is 0. The summed E-state index contributed by atoms with van der Waals surface area (Å²) in [5.41, 5.74) is 5.10. The minimum absolute atomic E-state index is 0.0138. The highest BCUT2D eigenvalue weighted by atomic mass is 16.2. The highest BCUT2D eigenvalue weighted by molar-refractivity contribution is 5.95. The molecule has 1 unspecified atom stereocenters. The minimum Gasteiger partial charge on any atom is -0.337 e. The third-order valence-corrected chi connectivity index (χ3v) is 6.55. The van der Waals surface area contributed by atoms with Gasteiger partial charge >= 0.3 is 0 Å². The first-order valence-electron chi connectivity index (χ1n) is 11.6. The van der Waals surface area contributed by atoms with Crippen LogP contribution in [0.5, 0.6) is 0 Å². The van der Waals surface area contributed by atoms with Crippen molar-refractivity contribution in [3.8, 4) is 0 Å². The van der Waals surface area contributed by atoms with Crippen LogP contribution in [0.2, 0.25) is 0 Å². The average Bonchev–Trinajstić information content (AvgIpc) is 3.35. The molecule has 4 aromatic rings. The molecule has 2 aromatic carbocycles. The molecule has 2 aromatic heterocycles. The number of fused-ring (bicyclic) bond motifs is 1. The Morgan fingerprint density at radius 3 is 2.88 bits per heavy atom. The van der Waals surface area contributed by atoms with Gasteiger partial charge in [0.2, 0.25) is 0 Å². The van der Waals surface area contributed by atoms with Gasteiger partial charge in [-0.2, -0.15) is 5.10 Å². The fraction of sp³-hybridized carbons (Fsp3) is 0.296. The van der Waals surface area contributed by atoms with Gasteiger partial charge in [0.05, 0.1) is 23.0 Å². The zero-order chi connectivity index (χ0) is 22.6. The largest absolute Gasteiger partial charge is 0.337 e. The van der Waals surface area contributed by atoms with Gasteiger partial charge in [-0.1, -0.05) is 48.5 Å². The standard InChI is InChI=1S/C27H29N5O/c1-31(17-20-8-3-2-4-9-20)27(33)24-16-29-30-26(24)22-11-7-15-32(19-22)18-21-10-5-13-25-23(21)12-6-14-28-25/h2-6,8-10,12-14,16,22H,7,11,15,17-19H2,1H3,(H,29,30). The third-order valence-electron chi connectivity index (χ3n) is 6.55. The second kappa shape index (κ2) is 9.55. The molecule has 5 rings (SSSR count). The normalized spacial score (nSPS) is 16.7. The zero-order valence-electron chi connectivity index (χ0n) is 18.9. The first-order chi connectivity index (χ1) is 16.2. The Hall–Kier alpha value is -3.51. The number of carbonyl (C=O) groups excluding carboxylic acids is 1. The number of H-pyrrole nitrogens is 1. The third kappa shape index (κ3) is 4.66. The molecule has 0 spiro atoms. The molecule has 1 N–H and O–H groups in total. The molecule has 0 bridgehead atoms. The first-order valence-corrected chi connectivity index (χ1v) is 11.6. The van der Waals surface area contributed by atoms with Crippen LogP contribution in [0.3, 0.4) is 0 Å². The summed E-state index contributed by atoms with van der Waals surface area (Å²) in [7, 11) is 1.85. The van der Waals surface area contributed by atoms with Crippen molar-refractivity contribution in [2.75, 3.05) is 20.1 Å². The molecule has 0 aliphatic carbocycles. The molecule has 3 heterocycles. The van der Waals surface area contributed by atoms with Crippen LogP contribution in [0.4, 0.5) is 0 Å². The fourth-order valence-corrected chi connectivity index (χ4v) is 4.89. The van der Waals surface area contributed by atoms with E-state index in [0.29, 0.717) is 12.1 Å². The monoisotopic (exact) mass is 439 g/mol. The topological polar surface area (TPSA) is 65.1 Å². The molecular formula is C27H29N5O. The Balaban J connectivity index is 1.30. The van der Waals surface area contributed by atoms with Gasteiger partial charge in [0.25, 0.3) is 5.91 Å². The van der Waals surface area contributed by atoms with Crippen molar-refractivity contribution in [1.29, 1.82) is 0 Å².